The largest absolute Gasteiger partial charge is 0.493 e. The van der Waals surface area contributed by atoms with Gasteiger partial charge < -0.3 is 15.4 Å². The Balaban J connectivity index is 1.69. The van der Waals surface area contributed by atoms with E-state index in [0.29, 0.717) is 13.0 Å². The standard InChI is InChI=1S/C15H22N2O2/c1-16-8-2-3-15(18)17-9-6-12-4-5-14-13(11-12)7-10-19-14/h4-5,11,16H,2-3,6-10H2,1H3,(H,17,18). The summed E-state index contributed by atoms with van der Waals surface area (Å²) in [6.45, 7) is 2.39. The van der Waals surface area contributed by atoms with Crippen molar-refractivity contribution in [3.05, 3.63) is 29.3 Å². The molecule has 1 aromatic carbocycles. The van der Waals surface area contributed by atoms with Crippen LogP contribution in [0.15, 0.2) is 18.2 Å². The zero-order chi connectivity index (χ0) is 13.5. The molecular formula is C15H22N2O2. The molecule has 4 heteroatoms. The van der Waals surface area contributed by atoms with Gasteiger partial charge >= 0.3 is 0 Å². The third-order valence-electron chi connectivity index (χ3n) is 3.32. The van der Waals surface area contributed by atoms with Crippen molar-refractivity contribution >= 4 is 5.91 Å². The molecule has 4 nitrogen and oxygen atoms in total. The van der Waals surface area contributed by atoms with E-state index in [9.17, 15) is 4.79 Å². The summed E-state index contributed by atoms with van der Waals surface area (Å²) in [4.78, 5) is 11.5. The van der Waals surface area contributed by atoms with Crippen LogP contribution in [0.5, 0.6) is 5.75 Å². The van der Waals surface area contributed by atoms with Crippen LogP contribution in [0.3, 0.4) is 0 Å². The van der Waals surface area contributed by atoms with Gasteiger partial charge in [0.25, 0.3) is 0 Å². The average molecular weight is 262 g/mol. The Labute approximate surface area is 114 Å². The maximum absolute atomic E-state index is 11.5. The van der Waals surface area contributed by atoms with E-state index >= 15 is 0 Å². The van der Waals surface area contributed by atoms with E-state index in [1.807, 2.05) is 13.1 Å². The Morgan fingerprint density at radius 1 is 1.37 bits per heavy atom. The first-order valence-corrected chi connectivity index (χ1v) is 6.95. The van der Waals surface area contributed by atoms with Crippen LogP contribution in [-0.2, 0) is 17.6 Å². The van der Waals surface area contributed by atoms with E-state index in [1.165, 1.54) is 11.1 Å². The predicted molar refractivity (Wildman–Crippen MR) is 75.5 cm³/mol. The number of amides is 1. The fraction of sp³-hybridized carbons (Fsp3) is 0.533. The average Bonchev–Trinajstić information content (AvgIpc) is 2.86. The van der Waals surface area contributed by atoms with Gasteiger partial charge in [0.2, 0.25) is 5.91 Å². The van der Waals surface area contributed by atoms with Gasteiger partial charge in [0.05, 0.1) is 6.61 Å². The van der Waals surface area contributed by atoms with Gasteiger partial charge in [0.15, 0.2) is 0 Å². The lowest BCUT2D eigenvalue weighted by molar-refractivity contribution is -0.121. The van der Waals surface area contributed by atoms with Crippen molar-refractivity contribution in [2.75, 3.05) is 26.7 Å². The lowest BCUT2D eigenvalue weighted by atomic mass is 10.1. The lowest BCUT2D eigenvalue weighted by Gasteiger charge is -2.06. The second-order valence-electron chi connectivity index (χ2n) is 4.85. The summed E-state index contributed by atoms with van der Waals surface area (Å²) >= 11 is 0. The summed E-state index contributed by atoms with van der Waals surface area (Å²) in [6.07, 6.45) is 3.36. The molecule has 19 heavy (non-hydrogen) atoms. The summed E-state index contributed by atoms with van der Waals surface area (Å²) in [5.41, 5.74) is 2.55. The number of benzene rings is 1. The van der Waals surface area contributed by atoms with Crippen molar-refractivity contribution in [3.63, 3.8) is 0 Å². The Hall–Kier alpha value is -1.55. The Kier molecular flexibility index (Phi) is 5.21. The minimum atomic E-state index is 0.139. The van der Waals surface area contributed by atoms with E-state index < -0.39 is 0 Å². The minimum absolute atomic E-state index is 0.139. The summed E-state index contributed by atoms with van der Waals surface area (Å²) in [5.74, 6) is 1.15. The number of hydrogen-bond donors (Lipinski definition) is 2. The molecule has 0 bridgehead atoms. The third kappa shape index (κ3) is 4.24. The number of carbonyl (C=O) groups excluding carboxylic acids is 1. The van der Waals surface area contributed by atoms with Crippen LogP contribution in [0, 0.1) is 0 Å². The zero-order valence-electron chi connectivity index (χ0n) is 11.5. The molecule has 104 valence electrons. The predicted octanol–water partition coefficient (Wildman–Crippen LogP) is 1.28. The second kappa shape index (κ2) is 7.14. The first-order valence-electron chi connectivity index (χ1n) is 6.95. The van der Waals surface area contributed by atoms with Gasteiger partial charge in [0.1, 0.15) is 5.75 Å². The molecule has 0 saturated carbocycles. The minimum Gasteiger partial charge on any atom is -0.493 e. The van der Waals surface area contributed by atoms with Crippen LogP contribution in [-0.4, -0.2) is 32.7 Å². The van der Waals surface area contributed by atoms with Gasteiger partial charge in [-0.15, -0.1) is 0 Å². The molecule has 2 N–H and O–H groups in total. The topological polar surface area (TPSA) is 50.4 Å². The Morgan fingerprint density at radius 3 is 3.11 bits per heavy atom. The number of carbonyl (C=O) groups is 1. The fourth-order valence-corrected chi connectivity index (χ4v) is 2.26. The fourth-order valence-electron chi connectivity index (χ4n) is 2.26. The highest BCUT2D eigenvalue weighted by molar-refractivity contribution is 5.75. The summed E-state index contributed by atoms with van der Waals surface area (Å²) in [5, 5.41) is 6.00. The molecule has 0 radical (unpaired) electrons. The Morgan fingerprint density at radius 2 is 2.26 bits per heavy atom. The monoisotopic (exact) mass is 262 g/mol. The molecule has 0 aromatic heterocycles. The number of nitrogens with one attached hydrogen (secondary N) is 2. The van der Waals surface area contributed by atoms with Gasteiger partial charge in [-0.05, 0) is 43.6 Å². The molecule has 0 spiro atoms. The van der Waals surface area contributed by atoms with Gasteiger partial charge in [-0.1, -0.05) is 12.1 Å². The molecule has 0 aliphatic carbocycles. The maximum Gasteiger partial charge on any atom is 0.220 e. The van der Waals surface area contributed by atoms with Crippen molar-refractivity contribution in [1.82, 2.24) is 10.6 Å². The van der Waals surface area contributed by atoms with E-state index in [2.05, 4.69) is 22.8 Å². The molecule has 1 amide bonds. The van der Waals surface area contributed by atoms with Gasteiger partial charge in [-0.3, -0.25) is 4.79 Å². The molecular weight excluding hydrogens is 240 g/mol. The number of fused-ring (bicyclic) bond motifs is 1. The molecule has 1 heterocycles. The zero-order valence-corrected chi connectivity index (χ0v) is 11.5. The molecule has 0 unspecified atom stereocenters. The van der Waals surface area contributed by atoms with E-state index in [0.717, 1.165) is 38.2 Å². The van der Waals surface area contributed by atoms with Crippen molar-refractivity contribution in [2.45, 2.75) is 25.7 Å². The highest BCUT2D eigenvalue weighted by Gasteiger charge is 2.11. The lowest BCUT2D eigenvalue weighted by Crippen LogP contribution is -2.26. The van der Waals surface area contributed by atoms with Crippen molar-refractivity contribution < 1.29 is 9.53 Å². The summed E-state index contributed by atoms with van der Waals surface area (Å²) in [7, 11) is 1.90. The molecule has 0 saturated heterocycles. The summed E-state index contributed by atoms with van der Waals surface area (Å²) in [6, 6.07) is 6.30. The highest BCUT2D eigenvalue weighted by atomic mass is 16.5. The molecule has 0 atom stereocenters. The highest BCUT2D eigenvalue weighted by Crippen LogP contribution is 2.25. The van der Waals surface area contributed by atoms with Crippen LogP contribution in [0.4, 0.5) is 0 Å². The molecule has 1 aromatic rings. The molecule has 1 aliphatic rings. The van der Waals surface area contributed by atoms with Gasteiger partial charge in [-0.2, -0.15) is 0 Å². The van der Waals surface area contributed by atoms with Gasteiger partial charge in [-0.25, -0.2) is 0 Å². The molecule has 0 fully saturated rings. The number of hydrogen-bond acceptors (Lipinski definition) is 3. The van der Waals surface area contributed by atoms with Gasteiger partial charge in [0, 0.05) is 19.4 Å². The molecule has 2 rings (SSSR count). The van der Waals surface area contributed by atoms with E-state index in [1.54, 1.807) is 0 Å². The van der Waals surface area contributed by atoms with E-state index in [4.69, 9.17) is 4.74 Å². The van der Waals surface area contributed by atoms with Crippen LogP contribution in [0.1, 0.15) is 24.0 Å². The van der Waals surface area contributed by atoms with Crippen LogP contribution in [0.2, 0.25) is 0 Å². The normalized spacial score (nSPS) is 12.9. The Bertz CT molecular complexity index is 432. The first kappa shape index (κ1) is 13.9. The first-order chi connectivity index (χ1) is 9.29. The number of ether oxygens (including phenoxy) is 1. The number of rotatable bonds is 7. The van der Waals surface area contributed by atoms with Crippen molar-refractivity contribution in [2.24, 2.45) is 0 Å². The van der Waals surface area contributed by atoms with Crippen LogP contribution >= 0.6 is 0 Å². The third-order valence-corrected chi connectivity index (χ3v) is 3.32. The van der Waals surface area contributed by atoms with Crippen molar-refractivity contribution in [3.8, 4) is 5.75 Å². The summed E-state index contributed by atoms with van der Waals surface area (Å²) < 4.78 is 5.48. The maximum atomic E-state index is 11.5. The van der Waals surface area contributed by atoms with Crippen molar-refractivity contribution in [1.29, 1.82) is 0 Å². The smallest absolute Gasteiger partial charge is 0.220 e. The SMILES string of the molecule is CNCCCC(=O)NCCc1ccc2c(c1)CCO2. The van der Waals surface area contributed by atoms with Crippen LogP contribution < -0.4 is 15.4 Å². The second-order valence-corrected chi connectivity index (χ2v) is 4.85. The van der Waals surface area contributed by atoms with Crippen LogP contribution in [0.25, 0.3) is 0 Å². The quantitative estimate of drug-likeness (QED) is 0.728. The van der Waals surface area contributed by atoms with E-state index in [-0.39, 0.29) is 5.91 Å². The molecule has 1 aliphatic heterocycles.